The minimum atomic E-state index is 0.139. The molecule has 2 nitrogen and oxygen atoms in total. The molecule has 2 aromatic carbocycles. The van der Waals surface area contributed by atoms with Crippen LogP contribution in [0.3, 0.4) is 0 Å². The van der Waals surface area contributed by atoms with E-state index in [1.165, 1.54) is 20.3 Å². The Labute approximate surface area is 141 Å². The van der Waals surface area contributed by atoms with Crippen molar-refractivity contribution in [3.05, 3.63) is 68.8 Å². The van der Waals surface area contributed by atoms with Crippen LogP contribution in [-0.2, 0) is 11.8 Å². The van der Waals surface area contributed by atoms with Crippen molar-refractivity contribution in [3.63, 3.8) is 0 Å². The summed E-state index contributed by atoms with van der Waals surface area (Å²) in [7, 11) is 0. The summed E-state index contributed by atoms with van der Waals surface area (Å²) in [6.45, 7) is 6.70. The largest absolute Gasteiger partial charge is 0.271 e. The van der Waals surface area contributed by atoms with E-state index in [1.807, 2.05) is 0 Å². The predicted molar refractivity (Wildman–Crippen MR) is 98.1 cm³/mol. The molecule has 0 bridgehead atoms. The number of nitrogens with one attached hydrogen (secondary N) is 1. The molecule has 0 saturated carbocycles. The SMILES string of the molecule is CC(C)(C)c1ccc(CC(NN)c2cccc(I)c2)cc1. The van der Waals surface area contributed by atoms with Gasteiger partial charge in [0.15, 0.2) is 0 Å². The Balaban J connectivity index is 2.15. The third-order valence-electron chi connectivity index (χ3n) is 3.71. The van der Waals surface area contributed by atoms with Crippen LogP contribution in [0.15, 0.2) is 48.5 Å². The topological polar surface area (TPSA) is 38.0 Å². The Morgan fingerprint density at radius 3 is 2.29 bits per heavy atom. The van der Waals surface area contributed by atoms with Gasteiger partial charge in [-0.2, -0.15) is 0 Å². The van der Waals surface area contributed by atoms with Gasteiger partial charge < -0.3 is 0 Å². The van der Waals surface area contributed by atoms with Gasteiger partial charge in [-0.15, -0.1) is 0 Å². The van der Waals surface area contributed by atoms with Gasteiger partial charge in [0.05, 0.1) is 6.04 Å². The Morgan fingerprint density at radius 1 is 1.10 bits per heavy atom. The van der Waals surface area contributed by atoms with Crippen molar-refractivity contribution < 1.29 is 0 Å². The van der Waals surface area contributed by atoms with Crippen LogP contribution in [0.25, 0.3) is 0 Å². The van der Waals surface area contributed by atoms with E-state index in [0.717, 1.165) is 6.42 Å². The number of hydrogen-bond acceptors (Lipinski definition) is 2. The molecule has 2 aromatic rings. The highest BCUT2D eigenvalue weighted by atomic mass is 127. The molecule has 1 unspecified atom stereocenters. The van der Waals surface area contributed by atoms with E-state index >= 15 is 0 Å². The Hall–Kier alpha value is -0.910. The normalized spacial score (nSPS) is 13.2. The van der Waals surface area contributed by atoms with Crippen molar-refractivity contribution in [3.8, 4) is 0 Å². The minimum Gasteiger partial charge on any atom is -0.271 e. The van der Waals surface area contributed by atoms with Gasteiger partial charge >= 0.3 is 0 Å². The molecule has 0 aliphatic carbocycles. The van der Waals surface area contributed by atoms with Gasteiger partial charge in [0.2, 0.25) is 0 Å². The van der Waals surface area contributed by atoms with Gasteiger partial charge in [-0.1, -0.05) is 57.2 Å². The first-order valence-electron chi connectivity index (χ1n) is 7.21. The lowest BCUT2D eigenvalue weighted by Gasteiger charge is -2.20. The molecule has 0 fully saturated rings. The Kier molecular flexibility index (Phi) is 5.41. The molecule has 3 N–H and O–H groups in total. The minimum absolute atomic E-state index is 0.139. The average Bonchev–Trinajstić information content (AvgIpc) is 2.44. The molecule has 0 amide bonds. The summed E-state index contributed by atoms with van der Waals surface area (Å²) in [5, 5.41) is 0. The Morgan fingerprint density at radius 2 is 1.76 bits per heavy atom. The van der Waals surface area contributed by atoms with Crippen LogP contribution in [0.2, 0.25) is 0 Å². The van der Waals surface area contributed by atoms with Gasteiger partial charge in [0, 0.05) is 3.57 Å². The number of halogens is 1. The molecule has 21 heavy (non-hydrogen) atoms. The molecule has 1 atom stereocenters. The second-order valence-corrected chi connectivity index (χ2v) is 7.67. The first-order valence-corrected chi connectivity index (χ1v) is 8.29. The van der Waals surface area contributed by atoms with Gasteiger partial charge in [-0.3, -0.25) is 11.3 Å². The van der Waals surface area contributed by atoms with Crippen molar-refractivity contribution >= 4 is 22.6 Å². The number of rotatable bonds is 4. The lowest BCUT2D eigenvalue weighted by molar-refractivity contribution is 0.550. The van der Waals surface area contributed by atoms with E-state index < -0.39 is 0 Å². The van der Waals surface area contributed by atoms with E-state index in [0.29, 0.717) is 0 Å². The molecular formula is C18H23IN2. The molecule has 0 spiro atoms. The van der Waals surface area contributed by atoms with Gasteiger partial charge in [-0.25, -0.2) is 0 Å². The van der Waals surface area contributed by atoms with Crippen LogP contribution in [0.5, 0.6) is 0 Å². The highest BCUT2D eigenvalue weighted by molar-refractivity contribution is 14.1. The molecular weight excluding hydrogens is 371 g/mol. The summed E-state index contributed by atoms with van der Waals surface area (Å²) in [5.41, 5.74) is 7.01. The first kappa shape index (κ1) is 16.5. The maximum atomic E-state index is 5.75. The van der Waals surface area contributed by atoms with Crippen molar-refractivity contribution in [1.29, 1.82) is 0 Å². The fourth-order valence-electron chi connectivity index (χ4n) is 2.37. The van der Waals surface area contributed by atoms with Crippen molar-refractivity contribution in [2.45, 2.75) is 38.6 Å². The lowest BCUT2D eigenvalue weighted by atomic mass is 9.86. The van der Waals surface area contributed by atoms with Crippen LogP contribution < -0.4 is 11.3 Å². The standard InChI is InChI=1S/C18H23IN2/c1-18(2,3)15-9-7-13(8-10-15)11-17(21-20)14-5-4-6-16(19)12-14/h4-10,12,17,21H,11,20H2,1-3H3. The van der Waals surface area contributed by atoms with Crippen LogP contribution in [-0.4, -0.2) is 0 Å². The van der Waals surface area contributed by atoms with Crippen LogP contribution in [0.1, 0.15) is 43.5 Å². The number of hydrogen-bond donors (Lipinski definition) is 2. The highest BCUT2D eigenvalue weighted by Gasteiger charge is 2.14. The van der Waals surface area contributed by atoms with Crippen LogP contribution in [0, 0.1) is 3.57 Å². The van der Waals surface area contributed by atoms with Crippen LogP contribution >= 0.6 is 22.6 Å². The third-order valence-corrected chi connectivity index (χ3v) is 4.38. The summed E-state index contributed by atoms with van der Waals surface area (Å²) in [6.07, 6.45) is 0.890. The van der Waals surface area contributed by atoms with E-state index in [1.54, 1.807) is 0 Å². The molecule has 0 heterocycles. The maximum Gasteiger partial charge on any atom is 0.0500 e. The van der Waals surface area contributed by atoms with E-state index in [9.17, 15) is 0 Å². The van der Waals surface area contributed by atoms with E-state index in [4.69, 9.17) is 5.84 Å². The van der Waals surface area contributed by atoms with Gasteiger partial charge in [0.1, 0.15) is 0 Å². The first-order chi connectivity index (χ1) is 9.90. The van der Waals surface area contributed by atoms with Crippen molar-refractivity contribution in [2.24, 2.45) is 5.84 Å². The predicted octanol–water partition coefficient (Wildman–Crippen LogP) is 4.34. The highest BCUT2D eigenvalue weighted by Crippen LogP contribution is 2.24. The van der Waals surface area contributed by atoms with Crippen molar-refractivity contribution in [2.75, 3.05) is 0 Å². The Bertz CT molecular complexity index is 585. The summed E-state index contributed by atoms with van der Waals surface area (Å²) in [5.74, 6) is 5.75. The smallest absolute Gasteiger partial charge is 0.0500 e. The zero-order valence-electron chi connectivity index (χ0n) is 12.9. The van der Waals surface area contributed by atoms with E-state index in [-0.39, 0.29) is 11.5 Å². The van der Waals surface area contributed by atoms with Gasteiger partial charge in [-0.05, 0) is 63.2 Å². The zero-order valence-corrected chi connectivity index (χ0v) is 15.0. The second kappa shape index (κ2) is 6.90. The fourth-order valence-corrected chi connectivity index (χ4v) is 2.94. The summed E-state index contributed by atoms with van der Waals surface area (Å²) >= 11 is 2.33. The molecule has 0 saturated heterocycles. The third kappa shape index (κ3) is 4.53. The summed E-state index contributed by atoms with van der Waals surface area (Å²) < 4.78 is 1.23. The average molecular weight is 394 g/mol. The quantitative estimate of drug-likeness (QED) is 0.460. The summed E-state index contributed by atoms with van der Waals surface area (Å²) in [6, 6.07) is 17.5. The fraction of sp³-hybridized carbons (Fsp3) is 0.333. The molecule has 0 aromatic heterocycles. The van der Waals surface area contributed by atoms with Crippen LogP contribution in [0.4, 0.5) is 0 Å². The molecule has 0 radical (unpaired) electrons. The molecule has 2 rings (SSSR count). The number of benzene rings is 2. The van der Waals surface area contributed by atoms with Crippen molar-refractivity contribution in [1.82, 2.24) is 5.43 Å². The second-order valence-electron chi connectivity index (χ2n) is 6.43. The summed E-state index contributed by atoms with van der Waals surface area (Å²) in [4.78, 5) is 0. The molecule has 0 aliphatic rings. The molecule has 0 aliphatic heterocycles. The number of hydrazine groups is 1. The lowest BCUT2D eigenvalue weighted by Crippen LogP contribution is -2.29. The maximum absolute atomic E-state index is 5.75. The molecule has 112 valence electrons. The monoisotopic (exact) mass is 394 g/mol. The van der Waals surface area contributed by atoms with E-state index in [2.05, 4.69) is 97.3 Å². The zero-order chi connectivity index (χ0) is 15.5. The van der Waals surface area contributed by atoms with Gasteiger partial charge in [0.25, 0.3) is 0 Å². The number of nitrogens with two attached hydrogens (primary N) is 1. The molecule has 3 heteroatoms.